The quantitative estimate of drug-likeness (QED) is 0.852. The number of nitrogens with zero attached hydrogens (tertiary/aromatic N) is 1. The fourth-order valence-corrected chi connectivity index (χ4v) is 2.27. The Labute approximate surface area is 119 Å². The summed E-state index contributed by atoms with van der Waals surface area (Å²) in [5.41, 5.74) is 2.07. The van der Waals surface area contributed by atoms with Crippen LogP contribution in [-0.4, -0.2) is 32.3 Å². The summed E-state index contributed by atoms with van der Waals surface area (Å²) in [5, 5.41) is 0. The van der Waals surface area contributed by atoms with Crippen molar-refractivity contribution < 1.29 is 14.3 Å². The van der Waals surface area contributed by atoms with Gasteiger partial charge in [0.1, 0.15) is 5.71 Å². The molecule has 4 nitrogen and oxygen atoms in total. The Bertz CT molecular complexity index is 568. The Hall–Kier alpha value is -1.84. The molecule has 0 amide bonds. The molecular weight excluding hydrogens is 254 g/mol. The van der Waals surface area contributed by atoms with Gasteiger partial charge in [-0.3, -0.25) is 9.79 Å². The van der Waals surface area contributed by atoms with E-state index in [0.29, 0.717) is 23.8 Å². The molecule has 0 spiro atoms. The maximum atomic E-state index is 12.5. The van der Waals surface area contributed by atoms with Crippen LogP contribution in [0.15, 0.2) is 17.1 Å². The number of ketones is 1. The van der Waals surface area contributed by atoms with Crippen LogP contribution in [0.25, 0.3) is 0 Å². The number of carbonyl (C=O) groups is 1. The molecule has 0 unspecified atom stereocenters. The Morgan fingerprint density at radius 2 is 1.75 bits per heavy atom. The summed E-state index contributed by atoms with van der Waals surface area (Å²) in [6, 6.07) is 3.80. The lowest BCUT2D eigenvalue weighted by molar-refractivity contribution is -0.119. The van der Waals surface area contributed by atoms with Gasteiger partial charge in [0.2, 0.25) is 0 Å². The third-order valence-corrected chi connectivity index (χ3v) is 3.41. The van der Waals surface area contributed by atoms with Crippen molar-refractivity contribution in [1.29, 1.82) is 0 Å². The molecule has 0 bridgehead atoms. The molecule has 0 saturated heterocycles. The van der Waals surface area contributed by atoms with E-state index in [4.69, 9.17) is 9.47 Å². The molecule has 1 aliphatic rings. The number of hydrogen-bond donors (Lipinski definition) is 0. The minimum absolute atomic E-state index is 0.0608. The van der Waals surface area contributed by atoms with Crippen molar-refractivity contribution in [1.82, 2.24) is 0 Å². The van der Waals surface area contributed by atoms with E-state index in [-0.39, 0.29) is 5.78 Å². The number of Topliss-reactive ketones (excluding diaryl/α,β-unsaturated/α-hetero) is 1. The Morgan fingerprint density at radius 1 is 1.15 bits per heavy atom. The van der Waals surface area contributed by atoms with Crippen LogP contribution in [0.3, 0.4) is 0 Å². The molecule has 0 aliphatic carbocycles. The second kappa shape index (κ2) is 5.27. The van der Waals surface area contributed by atoms with Crippen molar-refractivity contribution in [2.75, 3.05) is 20.8 Å². The van der Waals surface area contributed by atoms with E-state index in [1.54, 1.807) is 14.2 Å². The highest BCUT2D eigenvalue weighted by Crippen LogP contribution is 2.33. The predicted octanol–water partition coefficient (Wildman–Crippen LogP) is 2.66. The topological polar surface area (TPSA) is 47.9 Å². The molecule has 1 aromatic carbocycles. The second-order valence-electron chi connectivity index (χ2n) is 5.92. The van der Waals surface area contributed by atoms with Crippen LogP contribution in [0, 0.1) is 5.41 Å². The number of ether oxygens (including phenoxy) is 2. The minimum Gasteiger partial charge on any atom is -0.493 e. The lowest BCUT2D eigenvalue weighted by atomic mass is 9.83. The molecule has 1 heterocycles. The van der Waals surface area contributed by atoms with E-state index in [1.165, 1.54) is 0 Å². The maximum absolute atomic E-state index is 12.5. The van der Waals surface area contributed by atoms with Crippen LogP contribution in [0.4, 0.5) is 0 Å². The number of carbonyl (C=O) groups excluding carboxylic acids is 1. The molecule has 2 rings (SSSR count). The van der Waals surface area contributed by atoms with Gasteiger partial charge in [-0.2, -0.15) is 0 Å². The van der Waals surface area contributed by atoms with E-state index in [2.05, 4.69) is 4.99 Å². The van der Waals surface area contributed by atoms with Gasteiger partial charge >= 0.3 is 0 Å². The molecule has 0 saturated carbocycles. The third-order valence-electron chi connectivity index (χ3n) is 3.41. The van der Waals surface area contributed by atoms with Crippen molar-refractivity contribution in [2.45, 2.75) is 27.2 Å². The van der Waals surface area contributed by atoms with Crippen molar-refractivity contribution in [3.63, 3.8) is 0 Å². The zero-order chi connectivity index (χ0) is 14.9. The molecule has 0 radical (unpaired) electrons. The fraction of sp³-hybridized carbons (Fsp3) is 0.500. The summed E-state index contributed by atoms with van der Waals surface area (Å²) < 4.78 is 10.6. The van der Waals surface area contributed by atoms with Gasteiger partial charge in [0, 0.05) is 17.5 Å². The number of rotatable bonds is 3. The molecule has 20 heavy (non-hydrogen) atoms. The lowest BCUT2D eigenvalue weighted by Gasteiger charge is -2.23. The van der Waals surface area contributed by atoms with Crippen LogP contribution in [0.1, 0.15) is 31.9 Å². The Kier molecular flexibility index (Phi) is 3.84. The monoisotopic (exact) mass is 275 g/mol. The normalized spacial score (nSPS) is 14.3. The first-order valence-corrected chi connectivity index (χ1v) is 6.73. The summed E-state index contributed by atoms with van der Waals surface area (Å²) in [5.74, 6) is 1.38. The number of hydrogen-bond acceptors (Lipinski definition) is 4. The number of fused-ring (bicyclic) bond motifs is 1. The smallest absolute Gasteiger partial charge is 0.186 e. The van der Waals surface area contributed by atoms with Crippen LogP contribution in [-0.2, 0) is 11.2 Å². The molecular formula is C16H21NO3. The summed E-state index contributed by atoms with van der Waals surface area (Å²) in [4.78, 5) is 17.0. The van der Waals surface area contributed by atoms with Gasteiger partial charge in [0.05, 0.1) is 14.2 Å². The molecule has 1 aliphatic heterocycles. The highest BCUT2D eigenvalue weighted by Gasteiger charge is 2.30. The first-order chi connectivity index (χ1) is 9.38. The first kappa shape index (κ1) is 14.6. The molecule has 0 N–H and O–H groups in total. The van der Waals surface area contributed by atoms with Crippen LogP contribution in [0.5, 0.6) is 11.5 Å². The predicted molar refractivity (Wildman–Crippen MR) is 79.1 cm³/mol. The maximum Gasteiger partial charge on any atom is 0.186 e. The SMILES string of the molecule is COc1cc2c(cc1OC)C(C(=O)C(C)(C)C)=NCC2. The summed E-state index contributed by atoms with van der Waals surface area (Å²) >= 11 is 0. The largest absolute Gasteiger partial charge is 0.493 e. The number of benzene rings is 1. The molecule has 108 valence electrons. The molecule has 0 fully saturated rings. The third kappa shape index (κ3) is 2.55. The summed E-state index contributed by atoms with van der Waals surface area (Å²) in [6.45, 7) is 6.37. The Morgan fingerprint density at radius 3 is 2.30 bits per heavy atom. The average molecular weight is 275 g/mol. The van der Waals surface area contributed by atoms with Crippen molar-refractivity contribution in [3.05, 3.63) is 23.3 Å². The molecule has 0 atom stereocenters. The lowest BCUT2D eigenvalue weighted by Crippen LogP contribution is -2.32. The minimum atomic E-state index is -0.444. The van der Waals surface area contributed by atoms with Crippen molar-refractivity contribution in [2.24, 2.45) is 10.4 Å². The van der Waals surface area contributed by atoms with E-state index in [1.807, 2.05) is 32.9 Å². The zero-order valence-electron chi connectivity index (χ0n) is 12.7. The molecule has 4 heteroatoms. The van der Waals surface area contributed by atoms with Gasteiger partial charge in [0.25, 0.3) is 0 Å². The van der Waals surface area contributed by atoms with Gasteiger partial charge in [-0.15, -0.1) is 0 Å². The average Bonchev–Trinajstić information content (AvgIpc) is 2.43. The van der Waals surface area contributed by atoms with Gasteiger partial charge < -0.3 is 9.47 Å². The van der Waals surface area contributed by atoms with E-state index < -0.39 is 5.41 Å². The number of aliphatic imine (C=N–C) groups is 1. The standard InChI is InChI=1S/C16H21NO3/c1-16(2,3)15(18)14-11-9-13(20-5)12(19-4)8-10(11)6-7-17-14/h8-9H,6-7H2,1-5H3. The van der Waals surface area contributed by atoms with Crippen LogP contribution < -0.4 is 9.47 Å². The van der Waals surface area contributed by atoms with Gasteiger partial charge in [0.15, 0.2) is 17.3 Å². The van der Waals surface area contributed by atoms with E-state index >= 15 is 0 Å². The fourth-order valence-electron chi connectivity index (χ4n) is 2.27. The second-order valence-corrected chi connectivity index (χ2v) is 5.92. The Balaban J connectivity index is 2.53. The van der Waals surface area contributed by atoms with E-state index in [9.17, 15) is 4.79 Å². The van der Waals surface area contributed by atoms with Gasteiger partial charge in [-0.05, 0) is 24.1 Å². The highest BCUT2D eigenvalue weighted by atomic mass is 16.5. The van der Waals surface area contributed by atoms with Crippen molar-refractivity contribution in [3.8, 4) is 11.5 Å². The molecule has 1 aromatic rings. The molecule has 0 aromatic heterocycles. The van der Waals surface area contributed by atoms with Gasteiger partial charge in [-0.1, -0.05) is 20.8 Å². The summed E-state index contributed by atoms with van der Waals surface area (Å²) in [7, 11) is 3.21. The highest BCUT2D eigenvalue weighted by molar-refractivity contribution is 6.48. The van der Waals surface area contributed by atoms with E-state index in [0.717, 1.165) is 17.5 Å². The van der Waals surface area contributed by atoms with Crippen molar-refractivity contribution >= 4 is 11.5 Å². The summed E-state index contributed by atoms with van der Waals surface area (Å²) in [6.07, 6.45) is 0.816. The number of methoxy groups -OCH3 is 2. The zero-order valence-corrected chi connectivity index (χ0v) is 12.7. The van der Waals surface area contributed by atoms with Crippen LogP contribution >= 0.6 is 0 Å². The first-order valence-electron chi connectivity index (χ1n) is 6.73. The van der Waals surface area contributed by atoms with Gasteiger partial charge in [-0.25, -0.2) is 0 Å². The van der Waals surface area contributed by atoms with Crippen LogP contribution in [0.2, 0.25) is 0 Å².